The molecule has 1 saturated heterocycles. The van der Waals surface area contributed by atoms with Crippen molar-refractivity contribution in [3.8, 4) is 0 Å². The molecule has 1 aliphatic rings. The second kappa shape index (κ2) is 4.75. The average molecular weight is 291 g/mol. The van der Waals surface area contributed by atoms with Gasteiger partial charge < -0.3 is 0 Å². The van der Waals surface area contributed by atoms with E-state index in [2.05, 4.69) is 50.1 Å². The Bertz CT molecular complexity index is 521. The fourth-order valence-electron chi connectivity index (χ4n) is 2.46. The number of benzene rings is 1. The van der Waals surface area contributed by atoms with Crippen LogP contribution in [-0.2, 0) is 6.54 Å². The third-order valence-electron chi connectivity index (χ3n) is 3.33. The Kier molecular flexibility index (Phi) is 3.12. The van der Waals surface area contributed by atoms with Crippen molar-refractivity contribution in [3.05, 3.63) is 42.1 Å². The molecule has 0 radical (unpaired) electrons. The molecule has 1 aliphatic heterocycles. The zero-order chi connectivity index (χ0) is 11.7. The first-order valence-corrected chi connectivity index (χ1v) is 6.93. The summed E-state index contributed by atoms with van der Waals surface area (Å²) < 4.78 is 0. The number of pyridine rings is 1. The van der Waals surface area contributed by atoms with Gasteiger partial charge in [-0.25, -0.2) is 0 Å². The van der Waals surface area contributed by atoms with Gasteiger partial charge in [-0.15, -0.1) is 0 Å². The van der Waals surface area contributed by atoms with Crippen molar-refractivity contribution in [3.63, 3.8) is 0 Å². The number of fused-ring (bicyclic) bond motifs is 1. The topological polar surface area (TPSA) is 16.1 Å². The highest BCUT2D eigenvalue weighted by Gasteiger charge is 2.20. The lowest BCUT2D eigenvalue weighted by molar-refractivity contribution is 0.334. The highest BCUT2D eigenvalue weighted by molar-refractivity contribution is 9.09. The number of para-hydroxylation sites is 1. The van der Waals surface area contributed by atoms with Crippen LogP contribution >= 0.6 is 15.9 Å². The summed E-state index contributed by atoms with van der Waals surface area (Å²) in [5.74, 6) is 0. The molecular weight excluding hydrogens is 276 g/mol. The number of likely N-dealkylation sites (tertiary alicyclic amines) is 1. The van der Waals surface area contributed by atoms with Crippen molar-refractivity contribution in [1.29, 1.82) is 0 Å². The molecule has 3 heteroatoms. The summed E-state index contributed by atoms with van der Waals surface area (Å²) in [5.41, 5.74) is 2.48. The molecule has 88 valence electrons. The van der Waals surface area contributed by atoms with Crippen LogP contribution < -0.4 is 0 Å². The third-order valence-corrected chi connectivity index (χ3v) is 4.07. The fourth-order valence-corrected chi connectivity index (χ4v) is 3.08. The summed E-state index contributed by atoms with van der Waals surface area (Å²) in [6.07, 6.45) is 3.13. The smallest absolute Gasteiger partial charge is 0.0746 e. The van der Waals surface area contributed by atoms with Crippen molar-refractivity contribution < 1.29 is 0 Å². The van der Waals surface area contributed by atoms with Crippen molar-refractivity contribution >= 4 is 26.8 Å². The number of aromatic nitrogens is 1. The number of halogens is 1. The number of hydrogen-bond donors (Lipinski definition) is 0. The minimum Gasteiger partial charge on any atom is -0.298 e. The van der Waals surface area contributed by atoms with Gasteiger partial charge in [0, 0.05) is 29.5 Å². The van der Waals surface area contributed by atoms with E-state index in [0.717, 1.165) is 18.6 Å². The zero-order valence-corrected chi connectivity index (χ0v) is 11.2. The first kappa shape index (κ1) is 11.2. The Morgan fingerprint density at radius 1 is 1.29 bits per heavy atom. The number of hydrogen-bond acceptors (Lipinski definition) is 2. The van der Waals surface area contributed by atoms with Crippen LogP contribution in [-0.4, -0.2) is 27.8 Å². The van der Waals surface area contributed by atoms with E-state index in [0.29, 0.717) is 4.83 Å². The number of rotatable bonds is 2. The molecule has 0 bridgehead atoms. The van der Waals surface area contributed by atoms with E-state index in [1.54, 1.807) is 0 Å². The SMILES string of the molecule is BrC1CCN(Cc2cccc3cccnc23)C1. The molecule has 1 aromatic heterocycles. The van der Waals surface area contributed by atoms with Gasteiger partial charge in [-0.3, -0.25) is 9.88 Å². The van der Waals surface area contributed by atoms with Crippen LogP contribution in [0.15, 0.2) is 36.5 Å². The molecule has 0 amide bonds. The molecule has 1 atom stereocenters. The van der Waals surface area contributed by atoms with Gasteiger partial charge in [0.1, 0.15) is 0 Å². The molecule has 1 unspecified atom stereocenters. The summed E-state index contributed by atoms with van der Waals surface area (Å²) in [6.45, 7) is 3.33. The first-order chi connectivity index (χ1) is 8.33. The average Bonchev–Trinajstić information content (AvgIpc) is 2.75. The van der Waals surface area contributed by atoms with Gasteiger partial charge in [-0.2, -0.15) is 0 Å². The Morgan fingerprint density at radius 2 is 2.18 bits per heavy atom. The van der Waals surface area contributed by atoms with Crippen molar-refractivity contribution in [2.24, 2.45) is 0 Å². The lowest BCUT2D eigenvalue weighted by atomic mass is 10.1. The van der Waals surface area contributed by atoms with Crippen LogP contribution in [0.25, 0.3) is 10.9 Å². The molecule has 2 nitrogen and oxygen atoms in total. The molecule has 0 N–H and O–H groups in total. The van der Waals surface area contributed by atoms with E-state index in [-0.39, 0.29) is 0 Å². The molecule has 2 aromatic rings. The maximum absolute atomic E-state index is 4.50. The third kappa shape index (κ3) is 2.35. The van der Waals surface area contributed by atoms with E-state index in [1.807, 2.05) is 12.3 Å². The maximum Gasteiger partial charge on any atom is 0.0746 e. The lowest BCUT2D eigenvalue weighted by Crippen LogP contribution is -2.20. The van der Waals surface area contributed by atoms with Gasteiger partial charge in [0.25, 0.3) is 0 Å². The van der Waals surface area contributed by atoms with Crippen LogP contribution in [0.5, 0.6) is 0 Å². The summed E-state index contributed by atoms with van der Waals surface area (Å²) in [7, 11) is 0. The highest BCUT2D eigenvalue weighted by Crippen LogP contribution is 2.22. The Morgan fingerprint density at radius 3 is 3.00 bits per heavy atom. The van der Waals surface area contributed by atoms with Crippen LogP contribution in [0.4, 0.5) is 0 Å². The predicted octanol–water partition coefficient (Wildman–Crippen LogP) is 3.20. The molecule has 1 aromatic carbocycles. The van der Waals surface area contributed by atoms with E-state index in [9.17, 15) is 0 Å². The fraction of sp³-hybridized carbons (Fsp3) is 0.357. The minimum atomic E-state index is 0.658. The molecule has 0 spiro atoms. The quantitative estimate of drug-likeness (QED) is 0.790. The summed E-state index contributed by atoms with van der Waals surface area (Å²) in [6, 6.07) is 10.6. The Labute approximate surface area is 110 Å². The first-order valence-electron chi connectivity index (χ1n) is 6.02. The van der Waals surface area contributed by atoms with Gasteiger partial charge in [0.2, 0.25) is 0 Å². The van der Waals surface area contributed by atoms with Crippen LogP contribution in [0.3, 0.4) is 0 Å². The summed E-state index contributed by atoms with van der Waals surface area (Å²) in [4.78, 5) is 7.65. The normalized spacial score (nSPS) is 21.1. The van der Waals surface area contributed by atoms with Gasteiger partial charge in [0.05, 0.1) is 5.52 Å². The largest absolute Gasteiger partial charge is 0.298 e. The molecular formula is C14H15BrN2. The van der Waals surface area contributed by atoms with E-state index < -0.39 is 0 Å². The standard InChI is InChI=1S/C14H15BrN2/c15-13-6-8-17(10-13)9-12-4-1-3-11-5-2-7-16-14(11)12/h1-5,7,13H,6,8-10H2. The van der Waals surface area contributed by atoms with Crippen molar-refractivity contribution in [2.75, 3.05) is 13.1 Å². The second-order valence-electron chi connectivity index (χ2n) is 4.61. The summed E-state index contributed by atoms with van der Waals surface area (Å²) >= 11 is 3.68. The second-order valence-corrected chi connectivity index (χ2v) is 5.91. The molecule has 3 rings (SSSR count). The van der Waals surface area contributed by atoms with Crippen LogP contribution in [0.1, 0.15) is 12.0 Å². The minimum absolute atomic E-state index is 0.658. The van der Waals surface area contributed by atoms with Gasteiger partial charge in [-0.1, -0.05) is 40.2 Å². The van der Waals surface area contributed by atoms with E-state index in [1.165, 1.54) is 23.9 Å². The Balaban J connectivity index is 1.90. The monoisotopic (exact) mass is 290 g/mol. The van der Waals surface area contributed by atoms with Crippen molar-refractivity contribution in [2.45, 2.75) is 17.8 Å². The number of nitrogens with zero attached hydrogens (tertiary/aromatic N) is 2. The molecule has 0 aliphatic carbocycles. The highest BCUT2D eigenvalue weighted by atomic mass is 79.9. The zero-order valence-electron chi connectivity index (χ0n) is 9.64. The number of alkyl halides is 1. The van der Waals surface area contributed by atoms with Crippen LogP contribution in [0.2, 0.25) is 0 Å². The van der Waals surface area contributed by atoms with Gasteiger partial charge >= 0.3 is 0 Å². The van der Waals surface area contributed by atoms with E-state index in [4.69, 9.17) is 0 Å². The van der Waals surface area contributed by atoms with Crippen LogP contribution in [0, 0.1) is 0 Å². The van der Waals surface area contributed by atoms with Crippen molar-refractivity contribution in [1.82, 2.24) is 9.88 Å². The van der Waals surface area contributed by atoms with Gasteiger partial charge in [0.15, 0.2) is 0 Å². The molecule has 0 saturated carbocycles. The molecule has 2 heterocycles. The molecule has 17 heavy (non-hydrogen) atoms. The lowest BCUT2D eigenvalue weighted by Gasteiger charge is -2.15. The maximum atomic E-state index is 4.50. The van der Waals surface area contributed by atoms with E-state index >= 15 is 0 Å². The molecule has 1 fully saturated rings. The Hall–Kier alpha value is -0.930. The summed E-state index contributed by atoms with van der Waals surface area (Å²) in [5, 5.41) is 1.24. The predicted molar refractivity (Wildman–Crippen MR) is 74.4 cm³/mol. The van der Waals surface area contributed by atoms with Gasteiger partial charge in [-0.05, 0) is 24.6 Å².